The molecule has 6 heteroatoms. The van der Waals surface area contributed by atoms with Gasteiger partial charge in [-0.2, -0.15) is 0 Å². The number of nitrogens with one attached hydrogen (secondary N) is 1. The van der Waals surface area contributed by atoms with E-state index in [1.165, 1.54) is 17.0 Å². The van der Waals surface area contributed by atoms with Crippen LogP contribution < -0.4 is 5.32 Å². The molecule has 0 amide bonds. The molecule has 150 valence electrons. The van der Waals surface area contributed by atoms with E-state index in [-0.39, 0.29) is 0 Å². The van der Waals surface area contributed by atoms with Crippen molar-refractivity contribution in [2.45, 2.75) is 64.0 Å². The molecule has 0 saturated heterocycles. The quantitative estimate of drug-likeness (QED) is 0.669. The van der Waals surface area contributed by atoms with Crippen LogP contribution in [0.3, 0.4) is 0 Å². The molecule has 29 heavy (non-hydrogen) atoms. The van der Waals surface area contributed by atoms with Gasteiger partial charge in [0.1, 0.15) is 5.82 Å². The Bertz CT molecular complexity index is 1020. The van der Waals surface area contributed by atoms with E-state index < -0.39 is 0 Å². The fourth-order valence-corrected chi connectivity index (χ4v) is 4.96. The third-order valence-electron chi connectivity index (χ3n) is 6.34. The van der Waals surface area contributed by atoms with Gasteiger partial charge in [-0.25, -0.2) is 0 Å². The molecule has 3 aromatic rings. The highest BCUT2D eigenvalue weighted by Crippen LogP contribution is 2.40. The number of aromatic nitrogens is 4. The molecule has 0 spiro atoms. The molecule has 1 N–H and O–H groups in total. The molecule has 0 bridgehead atoms. The third kappa shape index (κ3) is 3.58. The number of benzene rings is 1. The van der Waals surface area contributed by atoms with E-state index in [4.69, 9.17) is 16.6 Å². The zero-order valence-corrected chi connectivity index (χ0v) is 17.5. The fourth-order valence-electron chi connectivity index (χ4n) is 4.76. The smallest absolute Gasteiger partial charge is 0.151 e. The summed E-state index contributed by atoms with van der Waals surface area (Å²) in [5.74, 6) is 3.07. The van der Waals surface area contributed by atoms with Crippen molar-refractivity contribution in [3.8, 4) is 5.69 Å². The summed E-state index contributed by atoms with van der Waals surface area (Å²) in [4.78, 5) is 4.87. The third-order valence-corrected chi connectivity index (χ3v) is 6.57. The standard InChI is InChI=1S/C23H26ClN5/c1-2-19-4-3-5-20(26-19)15-6-8-16(9-7-15)23-28-27-22-14-25-13-17-12-18(24)10-11-21(17)29(22)23/h3-5,10-12,15-16,25H,2,6-9,13-14H2,1H3/t15-,16-. The minimum Gasteiger partial charge on any atom is -0.306 e. The van der Waals surface area contributed by atoms with Crippen LogP contribution in [0.5, 0.6) is 0 Å². The van der Waals surface area contributed by atoms with Gasteiger partial charge in [-0.15, -0.1) is 10.2 Å². The Labute approximate surface area is 176 Å². The van der Waals surface area contributed by atoms with Crippen molar-refractivity contribution in [1.82, 2.24) is 25.1 Å². The van der Waals surface area contributed by atoms with Gasteiger partial charge >= 0.3 is 0 Å². The maximum Gasteiger partial charge on any atom is 0.151 e. The highest BCUT2D eigenvalue weighted by molar-refractivity contribution is 6.30. The van der Waals surface area contributed by atoms with Gasteiger partial charge in [0.25, 0.3) is 0 Å². The maximum atomic E-state index is 6.24. The Morgan fingerprint density at radius 3 is 2.69 bits per heavy atom. The molecule has 3 heterocycles. The molecule has 1 aliphatic heterocycles. The molecular weight excluding hydrogens is 382 g/mol. The average molecular weight is 408 g/mol. The van der Waals surface area contributed by atoms with E-state index in [1.54, 1.807) is 0 Å². The summed E-state index contributed by atoms with van der Waals surface area (Å²) in [6.45, 7) is 3.69. The molecule has 1 fully saturated rings. The van der Waals surface area contributed by atoms with Gasteiger partial charge in [0.05, 0.1) is 12.2 Å². The lowest BCUT2D eigenvalue weighted by Crippen LogP contribution is -2.17. The predicted molar refractivity (Wildman–Crippen MR) is 114 cm³/mol. The molecule has 2 aliphatic rings. The average Bonchev–Trinajstić information content (AvgIpc) is 3.09. The zero-order valence-electron chi connectivity index (χ0n) is 16.7. The van der Waals surface area contributed by atoms with Crippen molar-refractivity contribution in [2.75, 3.05) is 0 Å². The van der Waals surface area contributed by atoms with E-state index >= 15 is 0 Å². The molecule has 5 rings (SSSR count). The van der Waals surface area contributed by atoms with Crippen LogP contribution in [0.15, 0.2) is 36.4 Å². The number of hydrogen-bond acceptors (Lipinski definition) is 4. The van der Waals surface area contributed by atoms with Crippen molar-refractivity contribution in [3.05, 3.63) is 70.0 Å². The van der Waals surface area contributed by atoms with Crippen LogP contribution in [-0.4, -0.2) is 19.7 Å². The number of hydrogen-bond donors (Lipinski definition) is 1. The summed E-state index contributed by atoms with van der Waals surface area (Å²) in [5.41, 5.74) is 4.81. The van der Waals surface area contributed by atoms with Crippen molar-refractivity contribution in [2.24, 2.45) is 0 Å². The summed E-state index contributed by atoms with van der Waals surface area (Å²) in [5, 5.41) is 13.4. The topological polar surface area (TPSA) is 55.6 Å². The first-order chi connectivity index (χ1) is 14.2. The number of nitrogens with zero attached hydrogens (tertiary/aromatic N) is 4. The van der Waals surface area contributed by atoms with Gasteiger partial charge in [-0.05, 0) is 68.0 Å². The lowest BCUT2D eigenvalue weighted by atomic mass is 9.80. The number of rotatable bonds is 3. The van der Waals surface area contributed by atoms with Crippen molar-refractivity contribution in [1.29, 1.82) is 0 Å². The van der Waals surface area contributed by atoms with Gasteiger partial charge in [0.2, 0.25) is 0 Å². The van der Waals surface area contributed by atoms with Crippen molar-refractivity contribution in [3.63, 3.8) is 0 Å². The second-order valence-corrected chi connectivity index (χ2v) is 8.58. The fraction of sp³-hybridized carbons (Fsp3) is 0.435. The minimum atomic E-state index is 0.434. The molecule has 1 aromatic carbocycles. The minimum absolute atomic E-state index is 0.434. The second-order valence-electron chi connectivity index (χ2n) is 8.14. The zero-order chi connectivity index (χ0) is 19.8. The summed E-state index contributed by atoms with van der Waals surface area (Å²) < 4.78 is 2.27. The lowest BCUT2D eigenvalue weighted by Gasteiger charge is -2.28. The summed E-state index contributed by atoms with van der Waals surface area (Å²) in [6.07, 6.45) is 5.54. The summed E-state index contributed by atoms with van der Waals surface area (Å²) >= 11 is 6.24. The summed E-state index contributed by atoms with van der Waals surface area (Å²) in [7, 11) is 0. The first-order valence-electron chi connectivity index (χ1n) is 10.6. The van der Waals surface area contributed by atoms with E-state index in [0.717, 1.165) is 67.6 Å². The molecule has 0 radical (unpaired) electrons. The van der Waals surface area contributed by atoms with Crippen LogP contribution >= 0.6 is 11.6 Å². The van der Waals surface area contributed by atoms with E-state index in [2.05, 4.69) is 51.3 Å². The molecular formula is C23H26ClN5. The van der Waals surface area contributed by atoms with Crippen molar-refractivity contribution >= 4 is 11.6 Å². The van der Waals surface area contributed by atoms with Crippen LogP contribution in [0.4, 0.5) is 0 Å². The van der Waals surface area contributed by atoms with E-state index in [0.29, 0.717) is 11.8 Å². The number of pyridine rings is 1. The Kier molecular flexibility index (Phi) is 5.10. The monoisotopic (exact) mass is 407 g/mol. The van der Waals surface area contributed by atoms with Crippen LogP contribution in [-0.2, 0) is 19.5 Å². The number of halogens is 1. The van der Waals surface area contributed by atoms with Gasteiger partial charge in [0.15, 0.2) is 5.82 Å². The van der Waals surface area contributed by atoms with Crippen LogP contribution in [0.2, 0.25) is 5.02 Å². The Morgan fingerprint density at radius 2 is 1.86 bits per heavy atom. The van der Waals surface area contributed by atoms with Crippen LogP contribution in [0.1, 0.15) is 73.0 Å². The van der Waals surface area contributed by atoms with Gasteiger partial charge in [0, 0.05) is 34.8 Å². The SMILES string of the molecule is CCc1cccc([C@H]2CC[C@H](c3nnc4n3-c3ccc(Cl)cc3CNC4)CC2)n1. The van der Waals surface area contributed by atoms with Gasteiger partial charge < -0.3 is 5.32 Å². The Balaban J connectivity index is 1.40. The first-order valence-corrected chi connectivity index (χ1v) is 11.0. The maximum absolute atomic E-state index is 6.24. The first kappa shape index (κ1) is 18.8. The van der Waals surface area contributed by atoms with Gasteiger partial charge in [-0.3, -0.25) is 9.55 Å². The molecule has 0 unspecified atom stereocenters. The highest BCUT2D eigenvalue weighted by atomic mass is 35.5. The largest absolute Gasteiger partial charge is 0.306 e. The predicted octanol–water partition coefficient (Wildman–Crippen LogP) is 4.92. The Hall–Kier alpha value is -2.24. The number of fused-ring (bicyclic) bond motifs is 3. The Morgan fingerprint density at radius 1 is 1.03 bits per heavy atom. The summed E-state index contributed by atoms with van der Waals surface area (Å²) in [6, 6.07) is 12.6. The van der Waals surface area contributed by atoms with Crippen LogP contribution in [0.25, 0.3) is 5.69 Å². The molecule has 2 aromatic heterocycles. The highest BCUT2D eigenvalue weighted by Gasteiger charge is 2.30. The van der Waals surface area contributed by atoms with Crippen molar-refractivity contribution < 1.29 is 0 Å². The molecule has 0 atom stereocenters. The van der Waals surface area contributed by atoms with E-state index in [9.17, 15) is 0 Å². The molecule has 1 saturated carbocycles. The number of aryl methyl sites for hydroxylation is 1. The van der Waals surface area contributed by atoms with E-state index in [1.807, 2.05) is 12.1 Å². The van der Waals surface area contributed by atoms with Crippen LogP contribution in [0, 0.1) is 0 Å². The second kappa shape index (κ2) is 7.88. The molecule has 5 nitrogen and oxygen atoms in total. The molecule has 1 aliphatic carbocycles. The normalized spacial score (nSPS) is 21.3. The van der Waals surface area contributed by atoms with Gasteiger partial charge in [-0.1, -0.05) is 24.6 Å². The lowest BCUT2D eigenvalue weighted by molar-refractivity contribution is 0.377.